The Morgan fingerprint density at radius 1 is 0.297 bits per heavy atom. The molecule has 8 aliphatic rings. The quantitative estimate of drug-likeness (QED) is 0.0289. The average Bonchev–Trinajstić information content (AvgIpc) is 0.683. The number of rotatable bonds is 17. The first-order valence-corrected chi connectivity index (χ1v) is 56.6. The third-order valence-electron chi connectivity index (χ3n) is 31.7. The van der Waals surface area contributed by atoms with E-state index in [1.807, 2.05) is 65.7 Å². The number of ether oxygens (including phenoxy) is 1. The number of hydrogen-bond acceptors (Lipinski definition) is 9. The first-order valence-electron chi connectivity index (χ1n) is 52.2. The number of aryl methyl sites for hydroxylation is 3. The van der Waals surface area contributed by atoms with Gasteiger partial charge in [0.25, 0.3) is 5.99 Å². The number of methoxy groups -OCH3 is 1. The molecule has 0 amide bonds. The normalized spacial score (nSPS) is 14.8. The van der Waals surface area contributed by atoms with Crippen molar-refractivity contribution in [1.29, 1.82) is 0 Å². The maximum absolute atomic E-state index is 15.2. The van der Waals surface area contributed by atoms with Gasteiger partial charge in [0.1, 0.15) is 5.75 Å². The second kappa shape index (κ2) is 39.2. The van der Waals surface area contributed by atoms with E-state index in [9.17, 15) is 13.2 Å². The van der Waals surface area contributed by atoms with Gasteiger partial charge in [-0.3, -0.25) is 0 Å². The summed E-state index contributed by atoms with van der Waals surface area (Å²) in [7, 11) is 1.63. The van der Waals surface area contributed by atoms with E-state index in [1.165, 1.54) is 216 Å². The van der Waals surface area contributed by atoms with E-state index < -0.39 is 46.0 Å². The van der Waals surface area contributed by atoms with Crippen LogP contribution in [0.3, 0.4) is 0 Å². The summed E-state index contributed by atoms with van der Waals surface area (Å²) in [6.45, 7) is 29.8. The molecule has 0 spiro atoms. The topological polar surface area (TPSA) is 19.0 Å². The molecule has 0 atom stereocenters. The summed E-state index contributed by atoms with van der Waals surface area (Å²) in [5.74, 6) is -10.1. The Balaban J connectivity index is 0.000000123. The number of nitrogens with zero attached hydrogens (tertiary/aromatic N) is 3. The maximum atomic E-state index is 15.2. The van der Waals surface area contributed by atoms with Crippen molar-refractivity contribution in [3.8, 4) is 61.4 Å². The zero-order valence-electron chi connectivity index (χ0n) is 86.2. The molecule has 17 heteroatoms. The minimum Gasteiger partial charge on any atom is -0.497 e. The molecule has 25 rings (SSSR count). The molecular weight excluding hydrogens is 1920 g/mol. The zero-order valence-corrected chi connectivity index (χ0v) is 90.3. The molecule has 0 fully saturated rings. The summed E-state index contributed by atoms with van der Waals surface area (Å²) >= 11 is 9.18. The van der Waals surface area contributed by atoms with Gasteiger partial charge in [0.05, 0.1) is 46.6 Å². The Hall–Kier alpha value is -12.5. The number of fused-ring (bicyclic) bond motifs is 17. The third-order valence-corrected chi connectivity index (χ3v) is 38.4. The van der Waals surface area contributed by atoms with Crippen LogP contribution in [0.15, 0.2) is 358 Å². The van der Waals surface area contributed by atoms with E-state index >= 15 is 8.78 Å². The molecule has 0 aliphatic carbocycles. The van der Waals surface area contributed by atoms with E-state index in [4.69, 9.17) is 4.74 Å². The van der Waals surface area contributed by atoms with Crippen LogP contribution in [-0.4, -0.2) is 23.6 Å². The lowest BCUT2D eigenvalue weighted by Crippen LogP contribution is -2.47. The zero-order chi connectivity index (χ0) is 102. The number of para-hydroxylation sites is 2. The Morgan fingerprint density at radius 3 is 1.14 bits per heavy atom. The monoisotopic (exact) mass is 2040 g/mol. The Kier molecular flexibility index (Phi) is 26.1. The highest BCUT2D eigenvalue weighted by Crippen LogP contribution is 2.63. The predicted octanol–water partition coefficient (Wildman–Crippen LogP) is 35.7. The first-order chi connectivity index (χ1) is 71.5. The fourth-order valence-electron chi connectivity index (χ4n) is 24.0. The Labute approximate surface area is 891 Å². The largest absolute Gasteiger partial charge is 0.497 e. The SMILES string of the molecule is CC(C)(C)c1ccc2c(c1)C(c1ccccc1)(c1ccccc1)c1cc(C(C)(C)C)ccc1N2c1cc2c3c(c1)-c1ccccc1SB3Sc1ccccc1-2.CCCCCCc1ccc2c(c1)-c1cc(N3c4ccccc4C(C)(C)c4ccccc43)cc3c1B(S2)Sc1ccc(CCCCCC)cc1-3.COc1ccc2c(c1)C(C)(C)c1cc(C)ccc1N2c1ccc2c(c1)-c1ccccc1SB2c1c(F)c(F)c(F)c(F)c1F. The Morgan fingerprint density at radius 2 is 0.669 bits per heavy atom. The molecule has 148 heavy (non-hydrogen) atoms. The molecule has 8 aliphatic heterocycles. The molecule has 0 aromatic heterocycles. The van der Waals surface area contributed by atoms with E-state index in [0.717, 1.165) is 69.5 Å². The van der Waals surface area contributed by atoms with Gasteiger partial charge in [0.2, 0.25) is 0 Å². The van der Waals surface area contributed by atoms with Crippen molar-refractivity contribution in [3.05, 3.63) is 435 Å². The summed E-state index contributed by atoms with van der Waals surface area (Å²) in [6, 6.07) is 123. The summed E-state index contributed by atoms with van der Waals surface area (Å²) in [4.78, 5) is 13.5. The van der Waals surface area contributed by atoms with Gasteiger partial charge in [-0.1, -0.05) is 351 Å². The Bertz CT molecular complexity index is 7820. The number of anilines is 9. The first kappa shape index (κ1) is 98.8. The van der Waals surface area contributed by atoms with E-state index in [2.05, 4.69) is 401 Å². The van der Waals surface area contributed by atoms with Crippen molar-refractivity contribution in [2.24, 2.45) is 0 Å². The summed E-state index contributed by atoms with van der Waals surface area (Å²) in [5.41, 5.74) is 41.0. The highest BCUT2D eigenvalue weighted by Gasteiger charge is 2.51. The summed E-state index contributed by atoms with van der Waals surface area (Å²) in [6.07, 6.45) is 12.7. The van der Waals surface area contributed by atoms with Gasteiger partial charge in [-0.05, 0) is 292 Å². The predicted molar refractivity (Wildman–Crippen MR) is 622 cm³/mol. The molecule has 0 bridgehead atoms. The maximum Gasteiger partial charge on any atom is 0.318 e. The lowest BCUT2D eigenvalue weighted by Gasteiger charge is -2.48. The van der Waals surface area contributed by atoms with Gasteiger partial charge in [0.15, 0.2) is 29.1 Å². The fourth-order valence-corrected chi connectivity index (χ4v) is 31.2. The van der Waals surface area contributed by atoms with Crippen molar-refractivity contribution in [1.82, 2.24) is 0 Å². The highest BCUT2D eigenvalue weighted by molar-refractivity contribution is 8.56. The molecule has 0 saturated heterocycles. The third kappa shape index (κ3) is 17.0. The minimum absolute atomic E-state index is 0.0414. The van der Waals surface area contributed by atoms with Crippen LogP contribution < -0.4 is 41.3 Å². The van der Waals surface area contributed by atoms with Gasteiger partial charge in [-0.15, -0.1) is 0 Å². The number of hydrogen-bond donors (Lipinski definition) is 0. The van der Waals surface area contributed by atoms with Crippen LogP contribution in [0, 0.1) is 36.0 Å². The van der Waals surface area contributed by atoms with Crippen LogP contribution in [-0.2, 0) is 39.9 Å². The molecule has 736 valence electrons. The molecular formula is C131H117B3F5N3OS5. The van der Waals surface area contributed by atoms with Crippen LogP contribution in [0.1, 0.15) is 207 Å². The van der Waals surface area contributed by atoms with Crippen LogP contribution in [0.4, 0.5) is 73.1 Å². The van der Waals surface area contributed by atoms with Crippen molar-refractivity contribution in [2.75, 3.05) is 21.8 Å². The number of unbranched alkanes of at least 4 members (excludes halogenated alkanes) is 6. The molecule has 4 nitrogen and oxygen atoms in total. The smallest absolute Gasteiger partial charge is 0.318 e. The molecule has 0 unspecified atom stereocenters. The molecule has 0 saturated carbocycles. The number of benzene rings is 17. The minimum atomic E-state index is -2.17. The fraction of sp³-hybridized carbons (Fsp3) is 0.221. The highest BCUT2D eigenvalue weighted by atomic mass is 32.2. The van der Waals surface area contributed by atoms with Gasteiger partial charge in [0, 0.05) is 57.8 Å². The van der Waals surface area contributed by atoms with E-state index in [0.29, 0.717) is 26.5 Å². The second-order valence-corrected chi connectivity index (χ2v) is 50.0. The van der Waals surface area contributed by atoms with Crippen molar-refractivity contribution >= 4 is 148 Å². The van der Waals surface area contributed by atoms with E-state index in [1.54, 1.807) is 25.3 Å². The van der Waals surface area contributed by atoms with E-state index in [-0.39, 0.29) is 21.7 Å². The van der Waals surface area contributed by atoms with Gasteiger partial charge >= 0.3 is 10.5 Å². The average molecular weight is 2040 g/mol. The van der Waals surface area contributed by atoms with Gasteiger partial charge in [-0.2, -0.15) is 58.1 Å². The van der Waals surface area contributed by atoms with Crippen molar-refractivity contribution in [3.63, 3.8) is 0 Å². The van der Waals surface area contributed by atoms with Crippen molar-refractivity contribution in [2.45, 2.75) is 206 Å². The van der Waals surface area contributed by atoms with Gasteiger partial charge in [-0.25, -0.2) is 22.0 Å². The molecule has 17 aromatic rings. The standard InChI is InChI=1S/C51H44BNS2.C45H48BNS2.C35H25BF5NOS/c1-49(2,3)35-25-27-44-42(29-35)51(33-17-9-7-10-18-33,34-19-11-8-12-20-34)43-30-36(50(4,5)6)26-28-45(43)53(44)37-31-40-38-21-13-15-23-46(38)54-52-48(40)41(32-37)39-22-14-16-24-47(39)55-52;1-5-7-9-11-17-31-23-25-42-34(27-31)36-29-33(47-40-21-15-13-19-38(40)45(3,4)39-20-14-16-22-41(39)47)30-37-35-28-32(18-12-10-8-6-2)24-26-43(35)49-46(48-42)44(36)37;1-18-9-13-26-23(15-18)35(2,3)24-17-20(43-4)11-14-27(24)42(26)19-10-12-25-22(16-19)21-7-5-6-8-28(21)44-36(25)29-30(37)32(39)34(41)33(40)31(29)38/h7-32H,1-6H3;13-16,19-30H,5-12,17-18H2,1-4H3;5-17H,1-4H3. The second-order valence-electron chi connectivity index (χ2n) is 43.7. The van der Waals surface area contributed by atoms with Crippen LogP contribution in [0.5, 0.6) is 5.75 Å². The lowest BCUT2D eigenvalue weighted by atomic mass is 9.58. The van der Waals surface area contributed by atoms with Gasteiger partial charge < -0.3 is 19.4 Å². The molecule has 17 aromatic carbocycles. The summed E-state index contributed by atoms with van der Waals surface area (Å²) in [5, 5.41) is 0.655. The molecule has 0 radical (unpaired) electrons. The number of halogens is 5. The lowest BCUT2D eigenvalue weighted by molar-refractivity contribution is 0.384. The van der Waals surface area contributed by atoms with Crippen LogP contribution >= 0.6 is 58.1 Å². The van der Waals surface area contributed by atoms with Crippen molar-refractivity contribution < 1.29 is 26.7 Å². The molecule has 0 N–H and O–H groups in total. The van der Waals surface area contributed by atoms with Crippen LogP contribution in [0.2, 0.25) is 0 Å². The van der Waals surface area contributed by atoms with Crippen LogP contribution in [0.25, 0.3) is 55.6 Å². The summed E-state index contributed by atoms with van der Waals surface area (Å²) < 4.78 is 78.7. The molecule has 8 heterocycles.